The van der Waals surface area contributed by atoms with Crippen LogP contribution in [0, 0.1) is 5.82 Å². The third kappa shape index (κ3) is 4.72. The fourth-order valence-corrected chi connectivity index (χ4v) is 3.22. The molecular formula is C16H19FN4O2S. The summed E-state index contributed by atoms with van der Waals surface area (Å²) in [5.41, 5.74) is 0.988. The highest BCUT2D eigenvalue weighted by molar-refractivity contribution is 7.15. The second-order valence-corrected chi connectivity index (χ2v) is 6.54. The minimum absolute atomic E-state index is 0.127. The number of rotatable bonds is 6. The first-order valence-electron chi connectivity index (χ1n) is 7.87. The number of hydrogen-bond donors (Lipinski definition) is 1. The van der Waals surface area contributed by atoms with Crippen LogP contribution in [0.2, 0.25) is 0 Å². The summed E-state index contributed by atoms with van der Waals surface area (Å²) in [7, 11) is 0. The molecule has 1 amide bonds. The van der Waals surface area contributed by atoms with Crippen molar-refractivity contribution in [2.75, 3.05) is 38.2 Å². The number of amides is 1. The van der Waals surface area contributed by atoms with Crippen LogP contribution in [0.15, 0.2) is 24.3 Å². The van der Waals surface area contributed by atoms with Crippen molar-refractivity contribution in [2.24, 2.45) is 0 Å². The molecule has 2 heterocycles. The minimum Gasteiger partial charge on any atom is -0.378 e. The molecule has 1 N–H and O–H groups in total. The van der Waals surface area contributed by atoms with Crippen molar-refractivity contribution in [2.45, 2.75) is 12.8 Å². The second kappa shape index (κ2) is 8.16. The van der Waals surface area contributed by atoms with E-state index in [1.807, 2.05) is 4.90 Å². The van der Waals surface area contributed by atoms with Gasteiger partial charge in [-0.1, -0.05) is 23.5 Å². The maximum Gasteiger partial charge on any atom is 0.224 e. The Balaban J connectivity index is 1.44. The Labute approximate surface area is 143 Å². The van der Waals surface area contributed by atoms with E-state index in [0.717, 1.165) is 10.6 Å². The van der Waals surface area contributed by atoms with Gasteiger partial charge in [0.05, 0.1) is 13.2 Å². The Morgan fingerprint density at radius 3 is 2.75 bits per heavy atom. The van der Waals surface area contributed by atoms with E-state index in [2.05, 4.69) is 15.5 Å². The van der Waals surface area contributed by atoms with E-state index in [-0.39, 0.29) is 11.7 Å². The molecule has 6 nitrogen and oxygen atoms in total. The fourth-order valence-electron chi connectivity index (χ4n) is 2.42. The molecule has 1 aromatic heterocycles. The molecule has 8 heteroatoms. The molecule has 128 valence electrons. The van der Waals surface area contributed by atoms with Crippen molar-refractivity contribution >= 4 is 22.4 Å². The molecule has 1 aliphatic rings. The molecule has 2 aromatic rings. The predicted octanol–water partition coefficient (Wildman–Crippen LogP) is 1.93. The number of halogens is 1. The third-order valence-electron chi connectivity index (χ3n) is 3.71. The van der Waals surface area contributed by atoms with Crippen molar-refractivity contribution < 1.29 is 13.9 Å². The van der Waals surface area contributed by atoms with Crippen LogP contribution in [0.1, 0.15) is 17.0 Å². The van der Waals surface area contributed by atoms with Crippen LogP contribution in [0.25, 0.3) is 0 Å². The van der Waals surface area contributed by atoms with E-state index in [4.69, 9.17) is 4.74 Å². The number of anilines is 1. The first-order chi connectivity index (χ1) is 11.7. The lowest BCUT2D eigenvalue weighted by Crippen LogP contribution is -2.41. The van der Waals surface area contributed by atoms with Crippen molar-refractivity contribution in [3.63, 3.8) is 0 Å². The van der Waals surface area contributed by atoms with Gasteiger partial charge in [-0.2, -0.15) is 0 Å². The van der Waals surface area contributed by atoms with Gasteiger partial charge in [0.2, 0.25) is 11.0 Å². The van der Waals surface area contributed by atoms with Gasteiger partial charge in [-0.05, 0) is 17.7 Å². The van der Waals surface area contributed by atoms with Gasteiger partial charge < -0.3 is 15.0 Å². The quantitative estimate of drug-likeness (QED) is 0.862. The lowest BCUT2D eigenvalue weighted by Gasteiger charge is -2.26. The molecule has 0 spiro atoms. The molecule has 3 rings (SSSR count). The number of morpholine rings is 1. The van der Waals surface area contributed by atoms with Gasteiger partial charge in [-0.15, -0.1) is 10.2 Å². The van der Waals surface area contributed by atoms with E-state index in [1.165, 1.54) is 23.5 Å². The lowest BCUT2D eigenvalue weighted by molar-refractivity contribution is -0.134. The van der Waals surface area contributed by atoms with Crippen LogP contribution < -0.4 is 5.32 Å². The molecule has 0 bridgehead atoms. The number of aromatic nitrogens is 2. The fraction of sp³-hybridized carbons (Fsp3) is 0.438. The van der Waals surface area contributed by atoms with Crippen LogP contribution in [0.5, 0.6) is 0 Å². The first-order valence-corrected chi connectivity index (χ1v) is 8.68. The van der Waals surface area contributed by atoms with E-state index in [9.17, 15) is 9.18 Å². The lowest BCUT2D eigenvalue weighted by atomic mass is 10.2. The molecule has 1 saturated heterocycles. The number of nitrogens with one attached hydrogen (secondary N) is 1. The molecule has 1 aromatic carbocycles. The standard InChI is InChI=1S/C16H19FN4O2S/c17-13-3-1-12(2-4-13)11-14-19-20-16(24-14)18-6-5-15(22)21-7-9-23-10-8-21/h1-4H,5-11H2,(H,18,20). The smallest absolute Gasteiger partial charge is 0.224 e. The largest absolute Gasteiger partial charge is 0.378 e. The van der Waals surface area contributed by atoms with Crippen LogP contribution in [0.3, 0.4) is 0 Å². The summed E-state index contributed by atoms with van der Waals surface area (Å²) >= 11 is 1.45. The predicted molar refractivity (Wildman–Crippen MR) is 89.6 cm³/mol. The van der Waals surface area contributed by atoms with Crippen molar-refractivity contribution in [1.82, 2.24) is 15.1 Å². The van der Waals surface area contributed by atoms with Gasteiger partial charge >= 0.3 is 0 Å². The van der Waals surface area contributed by atoms with E-state index < -0.39 is 0 Å². The van der Waals surface area contributed by atoms with E-state index >= 15 is 0 Å². The maximum absolute atomic E-state index is 12.9. The number of nitrogens with zero attached hydrogens (tertiary/aromatic N) is 3. The van der Waals surface area contributed by atoms with Crippen molar-refractivity contribution in [1.29, 1.82) is 0 Å². The summed E-state index contributed by atoms with van der Waals surface area (Å²) < 4.78 is 18.1. The Hall–Kier alpha value is -2.06. The van der Waals surface area contributed by atoms with E-state index in [0.29, 0.717) is 50.8 Å². The van der Waals surface area contributed by atoms with Crippen molar-refractivity contribution in [3.05, 3.63) is 40.7 Å². The zero-order chi connectivity index (χ0) is 16.8. The monoisotopic (exact) mass is 350 g/mol. The van der Waals surface area contributed by atoms with Gasteiger partial charge in [-0.3, -0.25) is 4.79 Å². The van der Waals surface area contributed by atoms with Gasteiger partial charge in [0, 0.05) is 32.5 Å². The molecule has 0 unspecified atom stereocenters. The van der Waals surface area contributed by atoms with Gasteiger partial charge in [-0.25, -0.2) is 4.39 Å². The highest BCUT2D eigenvalue weighted by Crippen LogP contribution is 2.18. The van der Waals surface area contributed by atoms with Crippen LogP contribution >= 0.6 is 11.3 Å². The Morgan fingerprint density at radius 2 is 2.00 bits per heavy atom. The highest BCUT2D eigenvalue weighted by Gasteiger charge is 2.16. The molecule has 0 atom stereocenters. The Kier molecular flexibility index (Phi) is 5.71. The average molecular weight is 350 g/mol. The Morgan fingerprint density at radius 1 is 1.25 bits per heavy atom. The molecule has 24 heavy (non-hydrogen) atoms. The summed E-state index contributed by atoms with van der Waals surface area (Å²) in [4.78, 5) is 13.9. The average Bonchev–Trinajstić information content (AvgIpc) is 3.05. The maximum atomic E-state index is 12.9. The van der Waals surface area contributed by atoms with Crippen LogP contribution in [0.4, 0.5) is 9.52 Å². The molecule has 0 radical (unpaired) electrons. The van der Waals surface area contributed by atoms with Gasteiger partial charge in [0.25, 0.3) is 0 Å². The molecule has 1 fully saturated rings. The number of carbonyl (C=O) groups excluding carboxylic acids is 1. The third-order valence-corrected chi connectivity index (χ3v) is 4.60. The van der Waals surface area contributed by atoms with Crippen LogP contribution in [-0.4, -0.2) is 53.9 Å². The van der Waals surface area contributed by atoms with Gasteiger partial charge in [0.1, 0.15) is 10.8 Å². The summed E-state index contributed by atoms with van der Waals surface area (Å²) in [6, 6.07) is 6.36. The summed E-state index contributed by atoms with van der Waals surface area (Å²) in [5.74, 6) is -0.120. The highest BCUT2D eigenvalue weighted by atomic mass is 32.1. The summed E-state index contributed by atoms with van der Waals surface area (Å²) in [6.45, 7) is 3.09. The summed E-state index contributed by atoms with van der Waals surface area (Å²) in [5, 5.41) is 12.9. The molecule has 0 saturated carbocycles. The van der Waals surface area contributed by atoms with Gasteiger partial charge in [0.15, 0.2) is 0 Å². The first kappa shape index (κ1) is 16.8. The number of benzene rings is 1. The van der Waals surface area contributed by atoms with E-state index in [1.54, 1.807) is 12.1 Å². The van der Waals surface area contributed by atoms with Crippen LogP contribution in [-0.2, 0) is 16.0 Å². The number of ether oxygens (including phenoxy) is 1. The molecule has 0 aliphatic carbocycles. The Bertz CT molecular complexity index is 671. The molecular weight excluding hydrogens is 331 g/mol. The number of hydrogen-bond acceptors (Lipinski definition) is 6. The SMILES string of the molecule is O=C(CCNc1nnc(Cc2ccc(F)cc2)s1)N1CCOCC1. The summed E-state index contributed by atoms with van der Waals surface area (Å²) in [6.07, 6.45) is 1.04. The topological polar surface area (TPSA) is 67.4 Å². The molecule has 1 aliphatic heterocycles. The normalized spacial score (nSPS) is 14.6. The minimum atomic E-state index is -0.247. The zero-order valence-corrected chi connectivity index (χ0v) is 14.0. The second-order valence-electron chi connectivity index (χ2n) is 5.47. The number of carbonyl (C=O) groups is 1. The zero-order valence-electron chi connectivity index (χ0n) is 13.2. The van der Waals surface area contributed by atoms with Crippen molar-refractivity contribution in [3.8, 4) is 0 Å².